The molecule has 1 saturated carbocycles. The molecule has 1 saturated heterocycles. The summed E-state index contributed by atoms with van der Waals surface area (Å²) < 4.78 is 6.24. The molecule has 2 heteroatoms. The Morgan fingerprint density at radius 3 is 2.80 bits per heavy atom. The molecule has 1 unspecified atom stereocenters. The predicted molar refractivity (Wildman–Crippen MR) is 63.0 cm³/mol. The van der Waals surface area contributed by atoms with E-state index in [4.69, 9.17) is 4.74 Å². The average Bonchev–Trinajstić information content (AvgIpc) is 2.63. The maximum Gasteiger partial charge on any atom is 0.0708 e. The van der Waals surface area contributed by atoms with Crippen LogP contribution in [0.2, 0.25) is 0 Å². The minimum absolute atomic E-state index is 0.277. The van der Waals surface area contributed by atoms with E-state index in [0.29, 0.717) is 6.10 Å². The highest BCUT2D eigenvalue weighted by Gasteiger charge is 2.40. The Morgan fingerprint density at radius 2 is 2.07 bits per heavy atom. The molecule has 1 aliphatic carbocycles. The third-order valence-corrected chi connectivity index (χ3v) is 3.76. The van der Waals surface area contributed by atoms with Crippen molar-refractivity contribution < 1.29 is 4.74 Å². The molecule has 1 N–H and O–H groups in total. The van der Waals surface area contributed by atoms with Crippen molar-refractivity contribution in [2.24, 2.45) is 0 Å². The number of hydrogen-bond acceptors (Lipinski definition) is 2. The molecule has 2 nitrogen and oxygen atoms in total. The van der Waals surface area contributed by atoms with Crippen molar-refractivity contribution in [1.82, 2.24) is 5.32 Å². The molecule has 2 aliphatic rings. The summed E-state index contributed by atoms with van der Waals surface area (Å²) >= 11 is 0. The number of nitrogens with one attached hydrogen (secondary N) is 1. The van der Waals surface area contributed by atoms with Crippen LogP contribution in [0.3, 0.4) is 0 Å². The van der Waals surface area contributed by atoms with Crippen molar-refractivity contribution in [3.63, 3.8) is 0 Å². The van der Waals surface area contributed by atoms with Gasteiger partial charge < -0.3 is 10.1 Å². The van der Waals surface area contributed by atoms with Crippen molar-refractivity contribution in [2.45, 2.75) is 56.7 Å². The smallest absolute Gasteiger partial charge is 0.0708 e. The summed E-state index contributed by atoms with van der Waals surface area (Å²) in [5.41, 5.74) is 0.277. The standard InChI is InChI=1S/C13H23NO/c1-2-10-14-11-12-6-9-13(15-12)7-4-3-5-8-13/h2,12,14H,1,3-11H2. The van der Waals surface area contributed by atoms with Crippen LogP contribution in [0.25, 0.3) is 0 Å². The van der Waals surface area contributed by atoms with Gasteiger partial charge in [-0.1, -0.05) is 25.3 Å². The molecule has 0 aromatic rings. The summed E-state index contributed by atoms with van der Waals surface area (Å²) in [5.74, 6) is 0. The molecule has 2 fully saturated rings. The lowest BCUT2D eigenvalue weighted by atomic mass is 9.83. The van der Waals surface area contributed by atoms with Gasteiger partial charge in [0.25, 0.3) is 0 Å². The average molecular weight is 209 g/mol. The van der Waals surface area contributed by atoms with Gasteiger partial charge >= 0.3 is 0 Å². The SMILES string of the molecule is C=CCNCC1CCC2(CCCCC2)O1. The van der Waals surface area contributed by atoms with E-state index >= 15 is 0 Å². The van der Waals surface area contributed by atoms with Gasteiger partial charge in [0, 0.05) is 13.1 Å². The molecular formula is C13H23NO. The first-order valence-corrected chi connectivity index (χ1v) is 6.34. The largest absolute Gasteiger partial charge is 0.370 e. The third kappa shape index (κ3) is 2.82. The summed E-state index contributed by atoms with van der Waals surface area (Å²) in [4.78, 5) is 0. The Bertz CT molecular complexity index is 209. The summed E-state index contributed by atoms with van der Waals surface area (Å²) in [5, 5.41) is 3.36. The van der Waals surface area contributed by atoms with Crippen LogP contribution in [-0.4, -0.2) is 24.8 Å². The molecule has 86 valence electrons. The van der Waals surface area contributed by atoms with Gasteiger partial charge in [-0.2, -0.15) is 0 Å². The third-order valence-electron chi connectivity index (χ3n) is 3.76. The van der Waals surface area contributed by atoms with Crippen molar-refractivity contribution >= 4 is 0 Å². The fraction of sp³-hybridized carbons (Fsp3) is 0.846. The van der Waals surface area contributed by atoms with Crippen LogP contribution in [0.4, 0.5) is 0 Å². The van der Waals surface area contributed by atoms with Gasteiger partial charge in [0.05, 0.1) is 11.7 Å². The lowest BCUT2D eigenvalue weighted by Gasteiger charge is -2.33. The molecular weight excluding hydrogens is 186 g/mol. The Balaban J connectivity index is 1.75. The molecule has 0 radical (unpaired) electrons. The quantitative estimate of drug-likeness (QED) is 0.567. The minimum Gasteiger partial charge on any atom is -0.370 e. The zero-order valence-electron chi connectivity index (χ0n) is 9.63. The molecule has 1 heterocycles. The fourth-order valence-electron chi connectivity index (χ4n) is 2.95. The molecule has 15 heavy (non-hydrogen) atoms. The van der Waals surface area contributed by atoms with Crippen LogP contribution in [0.1, 0.15) is 44.9 Å². The highest BCUT2D eigenvalue weighted by atomic mass is 16.5. The van der Waals surface area contributed by atoms with Crippen LogP contribution >= 0.6 is 0 Å². The molecule has 1 atom stereocenters. The zero-order chi connectivity index (χ0) is 10.6. The van der Waals surface area contributed by atoms with Gasteiger partial charge in [-0.3, -0.25) is 0 Å². The van der Waals surface area contributed by atoms with Gasteiger partial charge in [0.1, 0.15) is 0 Å². The monoisotopic (exact) mass is 209 g/mol. The maximum atomic E-state index is 6.24. The van der Waals surface area contributed by atoms with E-state index in [1.807, 2.05) is 6.08 Å². The Morgan fingerprint density at radius 1 is 1.27 bits per heavy atom. The van der Waals surface area contributed by atoms with Gasteiger partial charge in [0.15, 0.2) is 0 Å². The van der Waals surface area contributed by atoms with E-state index in [1.54, 1.807) is 0 Å². The second-order valence-corrected chi connectivity index (χ2v) is 4.97. The van der Waals surface area contributed by atoms with E-state index in [9.17, 15) is 0 Å². The van der Waals surface area contributed by atoms with Crippen LogP contribution in [-0.2, 0) is 4.74 Å². The molecule has 0 bridgehead atoms. The summed E-state index contributed by atoms with van der Waals surface area (Å²) in [6.07, 6.45) is 11.6. The summed E-state index contributed by atoms with van der Waals surface area (Å²) in [6, 6.07) is 0. The lowest BCUT2D eigenvalue weighted by molar-refractivity contribution is -0.0621. The van der Waals surface area contributed by atoms with E-state index in [-0.39, 0.29) is 5.60 Å². The highest BCUT2D eigenvalue weighted by Crippen LogP contribution is 2.41. The Kier molecular flexibility index (Phi) is 3.81. The normalized spacial score (nSPS) is 29.5. The predicted octanol–water partition coefficient (Wildman–Crippen LogP) is 2.64. The minimum atomic E-state index is 0.277. The van der Waals surface area contributed by atoms with E-state index < -0.39 is 0 Å². The van der Waals surface area contributed by atoms with Gasteiger partial charge in [0.2, 0.25) is 0 Å². The molecule has 0 amide bonds. The van der Waals surface area contributed by atoms with Crippen LogP contribution in [0.15, 0.2) is 12.7 Å². The van der Waals surface area contributed by atoms with Gasteiger partial charge in [-0.15, -0.1) is 6.58 Å². The van der Waals surface area contributed by atoms with Gasteiger partial charge in [-0.05, 0) is 25.7 Å². The number of hydrogen-bond donors (Lipinski definition) is 1. The van der Waals surface area contributed by atoms with Crippen molar-refractivity contribution in [2.75, 3.05) is 13.1 Å². The van der Waals surface area contributed by atoms with E-state index in [0.717, 1.165) is 13.1 Å². The first kappa shape index (κ1) is 11.2. The summed E-state index contributed by atoms with van der Waals surface area (Å²) in [6.45, 7) is 5.59. The second-order valence-electron chi connectivity index (χ2n) is 4.97. The van der Waals surface area contributed by atoms with Crippen LogP contribution < -0.4 is 5.32 Å². The zero-order valence-corrected chi connectivity index (χ0v) is 9.63. The first-order valence-electron chi connectivity index (χ1n) is 6.34. The number of rotatable bonds is 4. The fourth-order valence-corrected chi connectivity index (χ4v) is 2.95. The first-order chi connectivity index (χ1) is 7.35. The number of ether oxygens (including phenoxy) is 1. The topological polar surface area (TPSA) is 21.3 Å². The van der Waals surface area contributed by atoms with E-state index in [1.165, 1.54) is 44.9 Å². The van der Waals surface area contributed by atoms with Crippen LogP contribution in [0, 0.1) is 0 Å². The van der Waals surface area contributed by atoms with Gasteiger partial charge in [-0.25, -0.2) is 0 Å². The molecule has 0 aromatic carbocycles. The van der Waals surface area contributed by atoms with E-state index in [2.05, 4.69) is 11.9 Å². The maximum absolute atomic E-state index is 6.24. The van der Waals surface area contributed by atoms with Crippen LogP contribution in [0.5, 0.6) is 0 Å². The summed E-state index contributed by atoms with van der Waals surface area (Å²) in [7, 11) is 0. The molecule has 2 rings (SSSR count). The van der Waals surface area contributed by atoms with Crippen molar-refractivity contribution in [3.05, 3.63) is 12.7 Å². The Hall–Kier alpha value is -0.340. The lowest BCUT2D eigenvalue weighted by Crippen LogP contribution is -2.34. The molecule has 1 aliphatic heterocycles. The highest BCUT2D eigenvalue weighted by molar-refractivity contribution is 4.91. The van der Waals surface area contributed by atoms with Crippen molar-refractivity contribution in [1.29, 1.82) is 0 Å². The second kappa shape index (κ2) is 5.13. The van der Waals surface area contributed by atoms with Crippen molar-refractivity contribution in [3.8, 4) is 0 Å². The molecule has 0 aromatic heterocycles. The molecule has 1 spiro atoms. The Labute approximate surface area is 93.1 Å².